The van der Waals surface area contributed by atoms with Gasteiger partial charge in [-0.15, -0.1) is 0 Å². The van der Waals surface area contributed by atoms with Gasteiger partial charge in [0.1, 0.15) is 29.5 Å². The molecule has 0 aliphatic rings. The van der Waals surface area contributed by atoms with E-state index in [0.29, 0.717) is 29.4 Å². The largest absolute Gasteiger partial charge is 0.497 e. The summed E-state index contributed by atoms with van der Waals surface area (Å²) >= 11 is 0. The minimum Gasteiger partial charge on any atom is -0.497 e. The van der Waals surface area contributed by atoms with Gasteiger partial charge < -0.3 is 23.9 Å². The highest BCUT2D eigenvalue weighted by Crippen LogP contribution is 2.29. The lowest BCUT2D eigenvalue weighted by atomic mass is 10.1. The molecule has 1 amide bonds. The first kappa shape index (κ1) is 22.2. The van der Waals surface area contributed by atoms with E-state index in [1.165, 1.54) is 0 Å². The number of nitrogens with zero attached hydrogens (tertiary/aromatic N) is 2. The fourth-order valence-corrected chi connectivity index (χ4v) is 3.67. The molecule has 0 spiro atoms. The summed E-state index contributed by atoms with van der Waals surface area (Å²) in [5.41, 5.74) is 4.25. The van der Waals surface area contributed by atoms with E-state index in [4.69, 9.17) is 14.2 Å². The quantitative estimate of drug-likeness (QED) is 0.424. The summed E-state index contributed by atoms with van der Waals surface area (Å²) in [7, 11) is 3.21. The number of rotatable bonds is 8. The van der Waals surface area contributed by atoms with Crippen molar-refractivity contribution in [2.24, 2.45) is 0 Å². The van der Waals surface area contributed by atoms with Crippen LogP contribution in [-0.2, 0) is 6.61 Å². The van der Waals surface area contributed by atoms with Crippen LogP contribution in [0.5, 0.6) is 17.2 Å². The lowest BCUT2D eigenvalue weighted by molar-refractivity contribution is 0.0939. The molecule has 0 aliphatic carbocycles. The van der Waals surface area contributed by atoms with Crippen LogP contribution in [-0.4, -0.2) is 29.5 Å². The summed E-state index contributed by atoms with van der Waals surface area (Å²) in [5.74, 6) is 1.88. The van der Waals surface area contributed by atoms with Crippen LogP contribution >= 0.6 is 0 Å². The average molecular weight is 446 g/mol. The van der Waals surface area contributed by atoms with Gasteiger partial charge in [-0.3, -0.25) is 4.79 Å². The van der Waals surface area contributed by atoms with Crippen LogP contribution < -0.4 is 19.5 Å². The third-order valence-corrected chi connectivity index (χ3v) is 5.48. The normalized spacial score (nSPS) is 11.8. The smallest absolute Gasteiger partial charge is 0.251 e. The van der Waals surface area contributed by atoms with E-state index < -0.39 is 0 Å². The molecule has 2 heterocycles. The fourth-order valence-electron chi connectivity index (χ4n) is 3.67. The number of aromatic nitrogens is 2. The van der Waals surface area contributed by atoms with Crippen LogP contribution in [0, 0.1) is 6.92 Å². The number of hydrogen-bond donors (Lipinski definition) is 1. The minimum atomic E-state index is -0.267. The Morgan fingerprint density at radius 2 is 1.82 bits per heavy atom. The first-order chi connectivity index (χ1) is 16.0. The monoisotopic (exact) mass is 445 g/mol. The number of hydrogen-bond acceptors (Lipinski definition) is 5. The first-order valence-corrected chi connectivity index (χ1v) is 10.7. The van der Waals surface area contributed by atoms with Crippen molar-refractivity contribution in [1.29, 1.82) is 0 Å². The fraction of sp³-hybridized carbons (Fsp3) is 0.231. The molecule has 0 fully saturated rings. The van der Waals surface area contributed by atoms with E-state index >= 15 is 0 Å². The minimum absolute atomic E-state index is 0.185. The highest BCUT2D eigenvalue weighted by atomic mass is 16.5. The van der Waals surface area contributed by atoms with Gasteiger partial charge >= 0.3 is 0 Å². The van der Waals surface area contributed by atoms with Crippen molar-refractivity contribution in [3.05, 3.63) is 89.4 Å². The molecule has 4 rings (SSSR count). The molecule has 33 heavy (non-hydrogen) atoms. The molecule has 4 aromatic rings. The van der Waals surface area contributed by atoms with E-state index in [0.717, 1.165) is 22.5 Å². The molecule has 0 bridgehead atoms. The van der Waals surface area contributed by atoms with Crippen LogP contribution in [0.4, 0.5) is 0 Å². The maximum absolute atomic E-state index is 12.8. The molecular weight excluding hydrogens is 418 g/mol. The van der Waals surface area contributed by atoms with Gasteiger partial charge in [0.05, 0.1) is 26.0 Å². The molecule has 0 saturated carbocycles. The summed E-state index contributed by atoms with van der Waals surface area (Å²) in [4.78, 5) is 17.4. The van der Waals surface area contributed by atoms with Gasteiger partial charge in [-0.1, -0.05) is 6.07 Å². The molecule has 1 N–H and O–H groups in total. The molecule has 2 aromatic carbocycles. The number of nitrogens with one attached hydrogen (secondary N) is 1. The summed E-state index contributed by atoms with van der Waals surface area (Å²) in [6.07, 6.45) is 3.92. The maximum Gasteiger partial charge on any atom is 0.251 e. The maximum atomic E-state index is 12.8. The Labute approximate surface area is 192 Å². The van der Waals surface area contributed by atoms with Crippen molar-refractivity contribution in [2.45, 2.75) is 26.5 Å². The molecule has 7 nitrogen and oxygen atoms in total. The molecule has 7 heteroatoms. The lowest BCUT2D eigenvalue weighted by Gasteiger charge is -2.18. The van der Waals surface area contributed by atoms with Gasteiger partial charge in [0.25, 0.3) is 5.91 Å². The number of benzene rings is 2. The molecule has 0 unspecified atom stereocenters. The van der Waals surface area contributed by atoms with Crippen molar-refractivity contribution < 1.29 is 19.0 Å². The van der Waals surface area contributed by atoms with E-state index in [2.05, 4.69) is 10.3 Å². The Morgan fingerprint density at radius 3 is 2.52 bits per heavy atom. The predicted octanol–water partition coefficient (Wildman–Crippen LogP) is 4.73. The topological polar surface area (TPSA) is 74.1 Å². The van der Waals surface area contributed by atoms with Gasteiger partial charge in [-0.2, -0.15) is 0 Å². The summed E-state index contributed by atoms with van der Waals surface area (Å²) in [6, 6.07) is 16.3. The number of amides is 1. The molecule has 170 valence electrons. The third kappa shape index (κ3) is 4.92. The van der Waals surface area contributed by atoms with Gasteiger partial charge in [0, 0.05) is 23.5 Å². The molecule has 0 aliphatic heterocycles. The van der Waals surface area contributed by atoms with Gasteiger partial charge in [0.15, 0.2) is 0 Å². The number of methoxy groups -OCH3 is 2. The second kappa shape index (κ2) is 9.65. The number of aryl methyl sites for hydroxylation is 1. The van der Waals surface area contributed by atoms with E-state index in [1.54, 1.807) is 38.5 Å². The number of pyridine rings is 1. The van der Waals surface area contributed by atoms with Crippen molar-refractivity contribution in [3.8, 4) is 17.2 Å². The zero-order chi connectivity index (χ0) is 23.4. The third-order valence-electron chi connectivity index (χ3n) is 5.48. The predicted molar refractivity (Wildman–Crippen MR) is 126 cm³/mol. The summed E-state index contributed by atoms with van der Waals surface area (Å²) < 4.78 is 18.6. The number of carbonyl (C=O) groups excluding carboxylic acids is 1. The van der Waals surface area contributed by atoms with Crippen LogP contribution in [0.2, 0.25) is 0 Å². The van der Waals surface area contributed by atoms with Crippen LogP contribution in [0.15, 0.2) is 67.0 Å². The van der Waals surface area contributed by atoms with Crippen molar-refractivity contribution in [3.63, 3.8) is 0 Å². The number of carbonyl (C=O) groups is 1. The van der Waals surface area contributed by atoms with Crippen LogP contribution in [0.25, 0.3) is 5.65 Å². The van der Waals surface area contributed by atoms with Gasteiger partial charge in [-0.25, -0.2) is 4.98 Å². The Kier molecular flexibility index (Phi) is 6.49. The molecule has 2 aromatic heterocycles. The molecular formula is C26H27N3O4. The Morgan fingerprint density at radius 1 is 1.06 bits per heavy atom. The first-order valence-electron chi connectivity index (χ1n) is 10.7. The molecule has 0 radical (unpaired) electrons. The Hall–Kier alpha value is -4.00. The van der Waals surface area contributed by atoms with Crippen molar-refractivity contribution in [1.82, 2.24) is 14.7 Å². The van der Waals surface area contributed by atoms with E-state index in [-0.39, 0.29) is 11.9 Å². The standard InChI is InChI=1S/C26H27N3O4/c1-17-6-5-13-29-15-20(28-25(17)29)16-33-21-9-7-19(8-10-21)26(30)27-18(2)23-14-22(31-3)11-12-24(23)32-4/h5-15,18H,16H2,1-4H3,(H,27,30)/t18-/m1/s1. The van der Waals surface area contributed by atoms with Crippen LogP contribution in [0.3, 0.4) is 0 Å². The summed E-state index contributed by atoms with van der Waals surface area (Å²) in [5, 5.41) is 3.01. The highest BCUT2D eigenvalue weighted by molar-refractivity contribution is 5.94. The Bertz CT molecular complexity index is 1260. The molecule has 1 atom stereocenters. The highest BCUT2D eigenvalue weighted by Gasteiger charge is 2.16. The molecule has 0 saturated heterocycles. The number of ether oxygens (including phenoxy) is 3. The zero-order valence-corrected chi connectivity index (χ0v) is 19.2. The van der Waals surface area contributed by atoms with E-state index in [1.807, 2.05) is 61.0 Å². The number of imidazole rings is 1. The van der Waals surface area contributed by atoms with Crippen molar-refractivity contribution >= 4 is 11.6 Å². The van der Waals surface area contributed by atoms with E-state index in [9.17, 15) is 4.79 Å². The van der Waals surface area contributed by atoms with Gasteiger partial charge in [0.2, 0.25) is 0 Å². The second-order valence-corrected chi connectivity index (χ2v) is 7.77. The number of fused-ring (bicyclic) bond motifs is 1. The second-order valence-electron chi connectivity index (χ2n) is 7.77. The van der Waals surface area contributed by atoms with Crippen LogP contribution in [0.1, 0.15) is 40.1 Å². The average Bonchev–Trinajstić information content (AvgIpc) is 3.27. The zero-order valence-electron chi connectivity index (χ0n) is 19.2. The van der Waals surface area contributed by atoms with Crippen molar-refractivity contribution in [2.75, 3.05) is 14.2 Å². The van der Waals surface area contributed by atoms with Gasteiger partial charge in [-0.05, 0) is 67.9 Å². The SMILES string of the molecule is COc1ccc(OC)c([C@@H](C)NC(=O)c2ccc(OCc3cn4cccc(C)c4n3)cc2)c1. The lowest BCUT2D eigenvalue weighted by Crippen LogP contribution is -2.26. The summed E-state index contributed by atoms with van der Waals surface area (Å²) in [6.45, 7) is 4.28. The Balaban J connectivity index is 1.39.